The quantitative estimate of drug-likeness (QED) is 0.0245. The van der Waals surface area contributed by atoms with E-state index in [0.717, 1.165) is 70.6 Å². The van der Waals surface area contributed by atoms with Crippen LogP contribution in [0.5, 0.6) is 0 Å². The number of hydrogen-bond acceptors (Lipinski definition) is 8. The summed E-state index contributed by atoms with van der Waals surface area (Å²) in [5.74, 6) is -0.406. The summed E-state index contributed by atoms with van der Waals surface area (Å²) in [6.45, 7) is 3.37. The van der Waals surface area contributed by atoms with E-state index in [0.29, 0.717) is 13.0 Å². The summed E-state index contributed by atoms with van der Waals surface area (Å²) in [5, 5.41) is 18.3. The highest BCUT2D eigenvalue weighted by atomic mass is 31.2. The minimum absolute atomic E-state index is 0.0398. The van der Waals surface area contributed by atoms with Crippen molar-refractivity contribution >= 4 is 13.8 Å². The van der Waals surface area contributed by atoms with Gasteiger partial charge in [-0.2, -0.15) is 0 Å². The smallest absolute Gasteiger partial charge is 0.457 e. The molecule has 0 aromatic carbocycles. The Bertz CT molecular complexity index is 934. The normalized spacial score (nSPS) is 14.7. The van der Waals surface area contributed by atoms with Gasteiger partial charge in [-0.3, -0.25) is 13.8 Å². The van der Waals surface area contributed by atoms with Crippen molar-refractivity contribution in [3.63, 3.8) is 0 Å². The molecule has 3 atom stereocenters. The number of aliphatic hydroxyl groups is 2. The predicted molar refractivity (Wildman–Crippen MR) is 210 cm³/mol. The van der Waals surface area contributed by atoms with E-state index >= 15 is 0 Å². The fraction of sp³-hybridized carbons (Fsp3) is 0.780. The molecule has 3 unspecified atom stereocenters. The van der Waals surface area contributed by atoms with Gasteiger partial charge in [-0.25, -0.2) is 4.57 Å². The lowest BCUT2D eigenvalue weighted by Crippen LogP contribution is -2.29. The molecule has 0 aliphatic carbocycles. The molecule has 0 saturated heterocycles. The van der Waals surface area contributed by atoms with Gasteiger partial charge in [-0.15, -0.1) is 0 Å². The maximum Gasteiger partial charge on any atom is 0.472 e. The zero-order valence-electron chi connectivity index (χ0n) is 32.3. The molecule has 51 heavy (non-hydrogen) atoms. The number of carbonyl (C=O) groups is 1. The van der Waals surface area contributed by atoms with Crippen molar-refractivity contribution in [3.05, 3.63) is 48.6 Å². The molecule has 0 aliphatic heterocycles. The molecule has 10 heteroatoms. The van der Waals surface area contributed by atoms with E-state index in [2.05, 4.69) is 62.5 Å². The molecule has 0 spiro atoms. The van der Waals surface area contributed by atoms with Crippen LogP contribution in [0.4, 0.5) is 0 Å². The molecule has 298 valence electrons. The van der Waals surface area contributed by atoms with E-state index < -0.39 is 39.2 Å². The third-order valence-electron chi connectivity index (χ3n) is 8.28. The van der Waals surface area contributed by atoms with Gasteiger partial charge in [0.15, 0.2) is 0 Å². The largest absolute Gasteiger partial charge is 0.472 e. The fourth-order valence-corrected chi connectivity index (χ4v) is 6.02. The van der Waals surface area contributed by atoms with Crippen molar-refractivity contribution in [2.24, 2.45) is 0 Å². The van der Waals surface area contributed by atoms with Gasteiger partial charge >= 0.3 is 13.8 Å². The predicted octanol–water partition coefficient (Wildman–Crippen LogP) is 10.6. The van der Waals surface area contributed by atoms with Gasteiger partial charge in [0.05, 0.1) is 26.4 Å². The standard InChI is InChI=1S/C41H75O9P/c1-3-5-7-9-11-13-15-17-18-19-20-21-23-25-27-29-31-33-41(44)50-40(38-49-51(45,46)48-36-39(43)35-42)37-47-34-32-30-28-26-24-22-16-14-12-10-8-6-4-2/h5,7,11,13,17-18,20-21,39-40,42-43H,3-4,6,8-10,12,14-16,19,22-38H2,1-2H3,(H,45,46)/b7-5-,13-11-,18-17-,21-20-. The Balaban J connectivity index is 4.26. The van der Waals surface area contributed by atoms with Crippen LogP contribution in [-0.2, 0) is 27.9 Å². The van der Waals surface area contributed by atoms with Crippen molar-refractivity contribution in [2.45, 2.75) is 174 Å². The Morgan fingerprint density at radius 2 is 1.12 bits per heavy atom. The number of hydrogen-bond donors (Lipinski definition) is 3. The van der Waals surface area contributed by atoms with Crippen LogP contribution in [0, 0.1) is 0 Å². The molecular weight excluding hydrogens is 667 g/mol. The number of allylic oxidation sites excluding steroid dienone is 8. The molecule has 0 rings (SSSR count). The lowest BCUT2D eigenvalue weighted by molar-refractivity contribution is -0.154. The van der Waals surface area contributed by atoms with Crippen LogP contribution in [0.2, 0.25) is 0 Å². The summed E-state index contributed by atoms with van der Waals surface area (Å²) >= 11 is 0. The van der Waals surface area contributed by atoms with Crippen LogP contribution in [0.1, 0.15) is 162 Å². The molecule has 0 radical (unpaired) electrons. The molecule has 0 amide bonds. The van der Waals surface area contributed by atoms with E-state index in [-0.39, 0.29) is 19.6 Å². The fourth-order valence-electron chi connectivity index (χ4n) is 5.23. The first-order chi connectivity index (χ1) is 24.8. The lowest BCUT2D eigenvalue weighted by atomic mass is 10.0. The Hall–Kier alpha value is -1.58. The highest BCUT2D eigenvalue weighted by Crippen LogP contribution is 2.43. The highest BCUT2D eigenvalue weighted by Gasteiger charge is 2.26. The first-order valence-corrected chi connectivity index (χ1v) is 21.6. The Morgan fingerprint density at radius 3 is 1.69 bits per heavy atom. The second-order valence-corrected chi connectivity index (χ2v) is 14.7. The molecule has 9 nitrogen and oxygen atoms in total. The van der Waals surface area contributed by atoms with Gasteiger partial charge in [0.25, 0.3) is 0 Å². The molecule has 0 aliphatic rings. The van der Waals surface area contributed by atoms with Crippen molar-refractivity contribution in [3.8, 4) is 0 Å². The zero-order chi connectivity index (χ0) is 37.5. The number of rotatable bonds is 38. The minimum Gasteiger partial charge on any atom is -0.457 e. The van der Waals surface area contributed by atoms with Crippen LogP contribution in [0.25, 0.3) is 0 Å². The number of unbranched alkanes of at least 4 members (excludes halogenated alkanes) is 16. The topological polar surface area (TPSA) is 132 Å². The molecular formula is C41H75O9P. The summed E-state index contributed by atoms with van der Waals surface area (Å²) in [6.07, 6.45) is 40.6. The summed E-state index contributed by atoms with van der Waals surface area (Å²) < 4.78 is 33.3. The first kappa shape index (κ1) is 49.4. The monoisotopic (exact) mass is 743 g/mol. The average molecular weight is 743 g/mol. The molecule has 0 saturated carbocycles. The molecule has 3 N–H and O–H groups in total. The van der Waals surface area contributed by atoms with Crippen LogP contribution >= 0.6 is 7.82 Å². The third kappa shape index (κ3) is 38.0. The van der Waals surface area contributed by atoms with Crippen LogP contribution in [0.3, 0.4) is 0 Å². The second kappa shape index (κ2) is 38.2. The van der Waals surface area contributed by atoms with Crippen molar-refractivity contribution in [2.75, 3.05) is 33.0 Å². The van der Waals surface area contributed by atoms with E-state index in [4.69, 9.17) is 23.6 Å². The number of esters is 1. The van der Waals surface area contributed by atoms with Gasteiger partial charge in [-0.05, 0) is 51.4 Å². The number of carbonyl (C=O) groups excluding carboxylic acids is 1. The molecule has 0 aromatic heterocycles. The van der Waals surface area contributed by atoms with Crippen molar-refractivity contribution in [1.29, 1.82) is 0 Å². The number of ether oxygens (including phenoxy) is 2. The number of phosphoric ester groups is 1. The summed E-state index contributed by atoms with van der Waals surface area (Å²) in [4.78, 5) is 22.5. The van der Waals surface area contributed by atoms with Gasteiger partial charge in [0, 0.05) is 13.0 Å². The number of aliphatic hydroxyl groups excluding tert-OH is 2. The molecule has 0 heterocycles. The lowest BCUT2D eigenvalue weighted by Gasteiger charge is -2.20. The summed E-state index contributed by atoms with van der Waals surface area (Å²) in [7, 11) is -4.52. The van der Waals surface area contributed by atoms with E-state index in [1.54, 1.807) is 0 Å². The SMILES string of the molecule is CC/C=C\C/C=C\C/C=C\C/C=C\CCCCCCC(=O)OC(COCCCCCCCCCCCCCCC)COP(=O)(O)OCC(O)CO. The van der Waals surface area contributed by atoms with Gasteiger partial charge in [0.2, 0.25) is 0 Å². The zero-order valence-corrected chi connectivity index (χ0v) is 33.2. The maximum atomic E-state index is 12.6. The average Bonchev–Trinajstić information content (AvgIpc) is 3.12. The Kier molecular flexibility index (Phi) is 37.0. The first-order valence-electron chi connectivity index (χ1n) is 20.1. The van der Waals surface area contributed by atoms with E-state index in [1.165, 1.54) is 64.2 Å². The number of phosphoric acid groups is 1. The van der Waals surface area contributed by atoms with Crippen LogP contribution < -0.4 is 0 Å². The van der Waals surface area contributed by atoms with Crippen LogP contribution in [-0.4, -0.2) is 66.3 Å². The maximum absolute atomic E-state index is 12.6. The Morgan fingerprint density at radius 1 is 0.627 bits per heavy atom. The van der Waals surface area contributed by atoms with E-state index in [9.17, 15) is 19.4 Å². The highest BCUT2D eigenvalue weighted by molar-refractivity contribution is 7.47. The summed E-state index contributed by atoms with van der Waals surface area (Å²) in [5.41, 5.74) is 0. The minimum atomic E-state index is -4.52. The molecule has 0 aromatic rings. The molecule has 0 fully saturated rings. The van der Waals surface area contributed by atoms with Gasteiger partial charge in [0.1, 0.15) is 12.2 Å². The molecule has 0 bridgehead atoms. The summed E-state index contributed by atoms with van der Waals surface area (Å²) in [6, 6.07) is 0. The van der Waals surface area contributed by atoms with Gasteiger partial charge < -0.3 is 24.6 Å². The second-order valence-electron chi connectivity index (χ2n) is 13.3. The van der Waals surface area contributed by atoms with Crippen molar-refractivity contribution < 1.29 is 43.0 Å². The third-order valence-corrected chi connectivity index (χ3v) is 9.23. The van der Waals surface area contributed by atoms with E-state index in [1.807, 2.05) is 0 Å². The van der Waals surface area contributed by atoms with Crippen molar-refractivity contribution in [1.82, 2.24) is 0 Å². The Labute approximate surface area is 311 Å². The van der Waals surface area contributed by atoms with Crippen LogP contribution in [0.15, 0.2) is 48.6 Å². The van der Waals surface area contributed by atoms with Gasteiger partial charge in [-0.1, -0.05) is 152 Å².